The molecule has 0 aliphatic heterocycles. The molecule has 3 aromatic rings. The lowest BCUT2D eigenvalue weighted by molar-refractivity contribution is -0.141. The van der Waals surface area contributed by atoms with Gasteiger partial charge in [0.25, 0.3) is 5.56 Å². The zero-order valence-corrected chi connectivity index (χ0v) is 17.5. The van der Waals surface area contributed by atoms with Crippen LogP contribution in [0.15, 0.2) is 77.7 Å². The molecule has 0 spiro atoms. The zero-order chi connectivity index (χ0) is 19.9. The van der Waals surface area contributed by atoms with E-state index >= 15 is 0 Å². The highest BCUT2D eigenvalue weighted by atomic mass is 35.5. The Morgan fingerprint density at radius 2 is 1.66 bits per heavy atom. The molecule has 0 fully saturated rings. The third kappa shape index (κ3) is 6.11. The molecular weight excluding hydrogens is 411 g/mol. The van der Waals surface area contributed by atoms with Crippen molar-refractivity contribution in [2.24, 2.45) is 0 Å². The lowest BCUT2D eigenvalue weighted by Gasteiger charge is -2.18. The van der Waals surface area contributed by atoms with Gasteiger partial charge in [-0.3, -0.25) is 4.79 Å². The summed E-state index contributed by atoms with van der Waals surface area (Å²) in [7, 11) is 1.33. The molecule has 0 aliphatic carbocycles. The zero-order valence-electron chi connectivity index (χ0n) is 15.9. The monoisotopic (exact) mass is 432 g/mol. The van der Waals surface area contributed by atoms with Crippen molar-refractivity contribution in [3.63, 3.8) is 0 Å². The van der Waals surface area contributed by atoms with Crippen LogP contribution in [0.1, 0.15) is 11.1 Å². The van der Waals surface area contributed by atoms with Gasteiger partial charge in [0.05, 0.1) is 18.7 Å². The van der Waals surface area contributed by atoms with Crippen LogP contribution in [0.25, 0.3) is 0 Å². The molecule has 29 heavy (non-hydrogen) atoms. The molecule has 1 N–H and O–H groups in total. The highest BCUT2D eigenvalue weighted by molar-refractivity contribution is 6.30. The molecule has 2 aromatic carbocycles. The minimum Gasteiger partial charge on any atom is -0.467 e. The average molecular weight is 433 g/mol. The number of rotatable bonds is 7. The summed E-state index contributed by atoms with van der Waals surface area (Å²) in [5, 5.41) is 3.43. The maximum Gasteiger partial charge on any atom is 0.328 e. The van der Waals surface area contributed by atoms with Gasteiger partial charge in [-0.25, -0.2) is 4.79 Å². The molecule has 0 amide bonds. The van der Waals surface area contributed by atoms with E-state index in [2.05, 4.69) is 5.32 Å². The number of pyridine rings is 1. The first-order valence-corrected chi connectivity index (χ1v) is 9.27. The van der Waals surface area contributed by atoms with E-state index in [0.29, 0.717) is 18.0 Å². The predicted molar refractivity (Wildman–Crippen MR) is 118 cm³/mol. The lowest BCUT2D eigenvalue weighted by Crippen LogP contribution is -2.36. The molecule has 0 saturated heterocycles. The highest BCUT2D eigenvalue weighted by Crippen LogP contribution is 2.15. The van der Waals surface area contributed by atoms with Crippen molar-refractivity contribution in [1.82, 2.24) is 4.57 Å². The van der Waals surface area contributed by atoms with Crippen molar-refractivity contribution in [2.75, 3.05) is 12.4 Å². The third-order valence-electron chi connectivity index (χ3n) is 4.35. The lowest BCUT2D eigenvalue weighted by atomic mass is 10.1. The maximum absolute atomic E-state index is 12.9. The maximum atomic E-state index is 12.9. The van der Waals surface area contributed by atoms with E-state index < -0.39 is 12.0 Å². The van der Waals surface area contributed by atoms with E-state index in [9.17, 15) is 9.59 Å². The Balaban J connectivity index is 0.00000300. The largest absolute Gasteiger partial charge is 0.467 e. The number of hydrogen-bond acceptors (Lipinski definition) is 4. The van der Waals surface area contributed by atoms with Gasteiger partial charge in [0.2, 0.25) is 0 Å². The first kappa shape index (κ1) is 22.5. The van der Waals surface area contributed by atoms with Crippen LogP contribution in [0.2, 0.25) is 5.02 Å². The molecular formula is C22H22Cl2N2O3. The summed E-state index contributed by atoms with van der Waals surface area (Å²) in [5.74, 6) is -0.446. The normalized spacial score (nSPS) is 11.2. The molecule has 0 radical (unpaired) electrons. The van der Waals surface area contributed by atoms with E-state index in [4.69, 9.17) is 16.3 Å². The molecule has 3 rings (SSSR count). The molecule has 0 saturated carbocycles. The fraction of sp³-hybridized carbons (Fsp3) is 0.182. The number of benzene rings is 2. The van der Waals surface area contributed by atoms with Gasteiger partial charge in [-0.15, -0.1) is 12.4 Å². The van der Waals surface area contributed by atoms with Crippen LogP contribution in [-0.4, -0.2) is 23.7 Å². The van der Waals surface area contributed by atoms with Crippen LogP contribution in [0.3, 0.4) is 0 Å². The molecule has 0 unspecified atom stereocenters. The number of hydrogen-bond donors (Lipinski definition) is 1. The number of esters is 1. The number of halogens is 2. The van der Waals surface area contributed by atoms with E-state index in [1.54, 1.807) is 6.20 Å². The highest BCUT2D eigenvalue weighted by Gasteiger charge is 2.21. The molecule has 0 bridgehead atoms. The Bertz CT molecular complexity index is 992. The number of nitrogens with zero attached hydrogens (tertiary/aromatic N) is 1. The van der Waals surface area contributed by atoms with E-state index in [1.165, 1.54) is 17.7 Å². The minimum absolute atomic E-state index is 0. The standard InChI is InChI=1S/C22H21ClN2O3.ClH/c1-28-22(27)20(12-16-8-4-2-5-9-16)24-19-13-18(23)15-25(21(19)26)14-17-10-6-3-7-11-17;/h2-11,13,15,20,24H,12,14H2,1H3;1H/t20-;/m0./s1. The quantitative estimate of drug-likeness (QED) is 0.569. The Labute approximate surface area is 180 Å². The molecule has 1 atom stereocenters. The molecule has 0 aliphatic rings. The van der Waals surface area contributed by atoms with Gasteiger partial charge in [0, 0.05) is 12.6 Å². The number of anilines is 1. The SMILES string of the molecule is COC(=O)[C@H](Cc1ccccc1)Nc1cc(Cl)cn(Cc2ccccc2)c1=O.Cl. The van der Waals surface area contributed by atoms with Crippen LogP contribution in [0.5, 0.6) is 0 Å². The Kier molecular flexibility index (Phi) is 8.31. The van der Waals surface area contributed by atoms with Crippen molar-refractivity contribution < 1.29 is 9.53 Å². The molecule has 152 valence electrons. The van der Waals surface area contributed by atoms with Gasteiger partial charge >= 0.3 is 5.97 Å². The fourth-order valence-corrected chi connectivity index (χ4v) is 3.20. The average Bonchev–Trinajstić information content (AvgIpc) is 2.71. The second-order valence-electron chi connectivity index (χ2n) is 6.40. The summed E-state index contributed by atoms with van der Waals surface area (Å²) in [4.78, 5) is 25.2. The number of nitrogens with one attached hydrogen (secondary N) is 1. The van der Waals surface area contributed by atoms with Gasteiger partial charge in [-0.05, 0) is 17.2 Å². The van der Waals surface area contributed by atoms with E-state index in [1.807, 2.05) is 60.7 Å². The molecule has 1 aromatic heterocycles. The summed E-state index contributed by atoms with van der Waals surface area (Å²) in [6.07, 6.45) is 1.98. The summed E-state index contributed by atoms with van der Waals surface area (Å²) in [6, 6.07) is 20.0. The first-order valence-electron chi connectivity index (χ1n) is 8.89. The Morgan fingerprint density at radius 1 is 1.07 bits per heavy atom. The van der Waals surface area contributed by atoms with Gasteiger partial charge in [-0.2, -0.15) is 0 Å². The second-order valence-corrected chi connectivity index (χ2v) is 6.84. The van der Waals surface area contributed by atoms with Crippen LogP contribution in [-0.2, 0) is 22.5 Å². The number of aromatic nitrogens is 1. The minimum atomic E-state index is -0.705. The number of carbonyl (C=O) groups excluding carboxylic acids is 1. The number of methoxy groups -OCH3 is 1. The summed E-state index contributed by atoms with van der Waals surface area (Å²) in [6.45, 7) is 0.385. The number of ether oxygens (including phenoxy) is 1. The van der Waals surface area contributed by atoms with Crippen molar-refractivity contribution in [1.29, 1.82) is 0 Å². The molecule has 5 nitrogen and oxygen atoms in total. The van der Waals surface area contributed by atoms with E-state index in [-0.39, 0.29) is 23.7 Å². The Morgan fingerprint density at radius 3 is 2.24 bits per heavy atom. The van der Waals surface area contributed by atoms with E-state index in [0.717, 1.165) is 11.1 Å². The van der Waals surface area contributed by atoms with Gasteiger partial charge in [0.1, 0.15) is 11.7 Å². The van der Waals surface area contributed by atoms with Crippen molar-refractivity contribution in [2.45, 2.75) is 19.0 Å². The predicted octanol–water partition coefficient (Wildman–Crippen LogP) is 4.17. The third-order valence-corrected chi connectivity index (χ3v) is 4.55. The van der Waals surface area contributed by atoms with Crippen molar-refractivity contribution in [3.8, 4) is 0 Å². The Hall–Kier alpha value is -2.76. The summed E-state index contributed by atoms with van der Waals surface area (Å²) in [5.41, 5.74) is 1.94. The van der Waals surface area contributed by atoms with Crippen LogP contribution in [0, 0.1) is 0 Å². The van der Waals surface area contributed by atoms with Crippen LogP contribution < -0.4 is 10.9 Å². The topological polar surface area (TPSA) is 60.3 Å². The first-order chi connectivity index (χ1) is 13.6. The molecule has 1 heterocycles. The van der Waals surface area contributed by atoms with Crippen LogP contribution >= 0.6 is 24.0 Å². The molecule has 7 heteroatoms. The summed E-state index contributed by atoms with van der Waals surface area (Å²) < 4.78 is 6.43. The van der Waals surface area contributed by atoms with Crippen molar-refractivity contribution in [3.05, 3.63) is 99.4 Å². The van der Waals surface area contributed by atoms with Gasteiger partial charge < -0.3 is 14.6 Å². The van der Waals surface area contributed by atoms with Crippen molar-refractivity contribution >= 4 is 35.7 Å². The summed E-state index contributed by atoms with van der Waals surface area (Å²) >= 11 is 6.23. The van der Waals surface area contributed by atoms with Crippen LogP contribution in [0.4, 0.5) is 5.69 Å². The second kappa shape index (κ2) is 10.7. The van der Waals surface area contributed by atoms with Gasteiger partial charge in [-0.1, -0.05) is 72.3 Å². The fourth-order valence-electron chi connectivity index (χ4n) is 2.97. The smallest absolute Gasteiger partial charge is 0.328 e. The number of carbonyl (C=O) groups is 1. The van der Waals surface area contributed by atoms with Gasteiger partial charge in [0.15, 0.2) is 0 Å².